The average Bonchev–Trinajstić information content (AvgIpc) is 2.39. The van der Waals surface area contributed by atoms with Gasteiger partial charge in [0.25, 0.3) is 0 Å². The lowest BCUT2D eigenvalue weighted by Gasteiger charge is -2.27. The van der Waals surface area contributed by atoms with Gasteiger partial charge in [-0.2, -0.15) is 0 Å². The second-order valence-corrected chi connectivity index (χ2v) is 6.85. The number of amides is 1. The Hall–Kier alpha value is -1.60. The highest BCUT2D eigenvalue weighted by Crippen LogP contribution is 2.27. The highest BCUT2D eigenvalue weighted by Gasteiger charge is 2.33. The smallest absolute Gasteiger partial charge is 0.321 e. The van der Waals surface area contributed by atoms with Crippen LogP contribution >= 0.6 is 11.8 Å². The molecular weight excluding hydrogens is 295 g/mol. The molecule has 0 aromatic heterocycles. The van der Waals surface area contributed by atoms with Crippen molar-refractivity contribution >= 4 is 29.3 Å². The number of halogens is 1. The summed E-state index contributed by atoms with van der Waals surface area (Å²) in [5.41, 5.74) is 6.73. The number of hydrogen-bond acceptors (Lipinski definition) is 4. The molecule has 0 heterocycles. The molecule has 0 radical (unpaired) electrons. The molecule has 0 unspecified atom stereocenters. The van der Waals surface area contributed by atoms with Gasteiger partial charge in [0, 0.05) is 10.4 Å². The Morgan fingerprint density at radius 3 is 2.67 bits per heavy atom. The molecule has 1 rings (SSSR count). The fourth-order valence-corrected chi connectivity index (χ4v) is 2.41. The number of nitrogens with one attached hydrogen (secondary N) is 1. The SMILES string of the molecule is Cc1ccc(F)cc1NC(=O)CSC(C)(C)[C@H](N)C(=O)O. The van der Waals surface area contributed by atoms with Crippen molar-refractivity contribution in [2.45, 2.75) is 31.6 Å². The van der Waals surface area contributed by atoms with Crippen molar-refractivity contribution in [3.63, 3.8) is 0 Å². The molecule has 7 heteroatoms. The average molecular weight is 314 g/mol. The van der Waals surface area contributed by atoms with Gasteiger partial charge in [-0.05, 0) is 38.5 Å². The molecule has 1 aromatic rings. The maximum absolute atomic E-state index is 13.1. The predicted octanol–water partition coefficient (Wildman–Crippen LogP) is 2.00. The van der Waals surface area contributed by atoms with E-state index in [1.165, 1.54) is 12.1 Å². The first-order chi connectivity index (χ1) is 9.63. The van der Waals surface area contributed by atoms with Crippen LogP contribution in [-0.2, 0) is 9.59 Å². The summed E-state index contributed by atoms with van der Waals surface area (Å²) in [5.74, 6) is -1.85. The third-order valence-electron chi connectivity index (χ3n) is 3.06. The molecule has 21 heavy (non-hydrogen) atoms. The van der Waals surface area contributed by atoms with E-state index in [0.29, 0.717) is 5.69 Å². The third kappa shape index (κ3) is 5.02. The zero-order chi connectivity index (χ0) is 16.2. The van der Waals surface area contributed by atoms with Crippen molar-refractivity contribution in [3.8, 4) is 0 Å². The van der Waals surface area contributed by atoms with Crippen LogP contribution in [0.1, 0.15) is 19.4 Å². The van der Waals surface area contributed by atoms with Crippen LogP contribution in [0.4, 0.5) is 10.1 Å². The van der Waals surface area contributed by atoms with Gasteiger partial charge in [-0.25, -0.2) is 4.39 Å². The number of nitrogens with two attached hydrogens (primary N) is 1. The van der Waals surface area contributed by atoms with Gasteiger partial charge in [-0.3, -0.25) is 9.59 Å². The number of hydrogen-bond donors (Lipinski definition) is 3. The molecule has 0 aliphatic carbocycles. The van der Waals surface area contributed by atoms with Gasteiger partial charge < -0.3 is 16.2 Å². The van der Waals surface area contributed by atoms with E-state index in [-0.39, 0.29) is 11.7 Å². The third-order valence-corrected chi connectivity index (χ3v) is 4.47. The summed E-state index contributed by atoms with van der Waals surface area (Å²) in [5, 5.41) is 11.5. The largest absolute Gasteiger partial charge is 0.480 e. The van der Waals surface area contributed by atoms with Crippen LogP contribution < -0.4 is 11.1 Å². The number of aryl methyl sites for hydroxylation is 1. The highest BCUT2D eigenvalue weighted by molar-refractivity contribution is 8.01. The second kappa shape index (κ2) is 6.91. The predicted molar refractivity (Wildman–Crippen MR) is 81.9 cm³/mol. The number of carboxylic acids is 1. The van der Waals surface area contributed by atoms with Crippen molar-refractivity contribution in [2.75, 3.05) is 11.1 Å². The van der Waals surface area contributed by atoms with E-state index in [2.05, 4.69) is 5.32 Å². The lowest BCUT2D eigenvalue weighted by Crippen LogP contribution is -2.47. The fourth-order valence-electron chi connectivity index (χ4n) is 1.55. The molecular formula is C14H19FN2O3S. The van der Waals surface area contributed by atoms with E-state index in [4.69, 9.17) is 10.8 Å². The van der Waals surface area contributed by atoms with Gasteiger partial charge in [-0.1, -0.05) is 6.07 Å². The van der Waals surface area contributed by atoms with E-state index >= 15 is 0 Å². The Bertz CT molecular complexity index is 549. The number of aliphatic carboxylic acids is 1. The van der Waals surface area contributed by atoms with Gasteiger partial charge in [0.1, 0.15) is 11.9 Å². The summed E-state index contributed by atoms with van der Waals surface area (Å²) >= 11 is 1.14. The first-order valence-electron chi connectivity index (χ1n) is 6.32. The van der Waals surface area contributed by atoms with Crippen LogP contribution in [0, 0.1) is 12.7 Å². The van der Waals surface area contributed by atoms with Gasteiger partial charge in [-0.15, -0.1) is 11.8 Å². The van der Waals surface area contributed by atoms with Gasteiger partial charge in [0.05, 0.1) is 5.75 Å². The maximum Gasteiger partial charge on any atom is 0.321 e. The topological polar surface area (TPSA) is 92.4 Å². The number of carbonyl (C=O) groups is 2. The summed E-state index contributed by atoms with van der Waals surface area (Å²) in [6.07, 6.45) is 0. The molecule has 0 saturated carbocycles. The molecule has 0 saturated heterocycles. The minimum Gasteiger partial charge on any atom is -0.480 e. The van der Waals surface area contributed by atoms with E-state index < -0.39 is 22.6 Å². The van der Waals surface area contributed by atoms with Crippen LogP contribution in [0.5, 0.6) is 0 Å². The number of carboxylic acid groups (broad SMARTS) is 1. The van der Waals surface area contributed by atoms with Gasteiger partial charge in [0.2, 0.25) is 5.91 Å². The van der Waals surface area contributed by atoms with Crippen LogP contribution in [0.3, 0.4) is 0 Å². The Morgan fingerprint density at radius 2 is 2.10 bits per heavy atom. The first-order valence-corrected chi connectivity index (χ1v) is 7.30. The van der Waals surface area contributed by atoms with Crippen molar-refractivity contribution < 1.29 is 19.1 Å². The van der Waals surface area contributed by atoms with E-state index in [9.17, 15) is 14.0 Å². The quantitative estimate of drug-likeness (QED) is 0.747. The normalized spacial score (nSPS) is 12.8. The Kier molecular flexibility index (Phi) is 5.74. The molecule has 1 aromatic carbocycles. The van der Waals surface area contributed by atoms with E-state index in [1.54, 1.807) is 26.8 Å². The van der Waals surface area contributed by atoms with E-state index in [0.717, 1.165) is 17.3 Å². The van der Waals surface area contributed by atoms with Crippen molar-refractivity contribution in [1.29, 1.82) is 0 Å². The van der Waals surface area contributed by atoms with Crippen molar-refractivity contribution in [1.82, 2.24) is 0 Å². The lowest BCUT2D eigenvalue weighted by molar-refractivity contribution is -0.139. The molecule has 0 spiro atoms. The van der Waals surface area contributed by atoms with Crippen LogP contribution in [0.2, 0.25) is 0 Å². The number of rotatable bonds is 6. The fraction of sp³-hybridized carbons (Fsp3) is 0.429. The summed E-state index contributed by atoms with van der Waals surface area (Å²) in [4.78, 5) is 22.8. The van der Waals surface area contributed by atoms with Gasteiger partial charge >= 0.3 is 5.97 Å². The molecule has 5 nitrogen and oxygen atoms in total. The number of benzene rings is 1. The second-order valence-electron chi connectivity index (χ2n) is 5.22. The maximum atomic E-state index is 13.1. The van der Waals surface area contributed by atoms with Crippen LogP contribution in [-0.4, -0.2) is 33.5 Å². The molecule has 0 aliphatic rings. The van der Waals surface area contributed by atoms with Gasteiger partial charge in [0.15, 0.2) is 0 Å². The zero-order valence-electron chi connectivity index (χ0n) is 12.1. The Balaban J connectivity index is 2.62. The zero-order valence-corrected chi connectivity index (χ0v) is 13.0. The summed E-state index contributed by atoms with van der Waals surface area (Å²) in [6, 6.07) is 3.05. The first kappa shape index (κ1) is 17.5. The molecule has 1 amide bonds. The lowest BCUT2D eigenvalue weighted by atomic mass is 10.1. The summed E-state index contributed by atoms with van der Waals surface area (Å²) in [7, 11) is 0. The van der Waals surface area contributed by atoms with Crippen molar-refractivity contribution in [3.05, 3.63) is 29.6 Å². The minimum atomic E-state index is -1.12. The Labute approximate surface area is 127 Å². The monoisotopic (exact) mass is 314 g/mol. The molecule has 0 bridgehead atoms. The standard InChI is InChI=1S/C14H19FN2O3S/c1-8-4-5-9(15)6-10(8)17-11(18)7-21-14(2,3)12(16)13(19)20/h4-6,12H,7,16H2,1-3H3,(H,17,18)(H,19,20)/t12-/m1/s1. The van der Waals surface area contributed by atoms with Crippen LogP contribution in [0.15, 0.2) is 18.2 Å². The Morgan fingerprint density at radius 1 is 1.48 bits per heavy atom. The molecule has 4 N–H and O–H groups in total. The molecule has 1 atom stereocenters. The van der Waals surface area contributed by atoms with Crippen molar-refractivity contribution in [2.24, 2.45) is 5.73 Å². The number of anilines is 1. The summed E-state index contributed by atoms with van der Waals surface area (Å²) < 4.78 is 12.3. The molecule has 116 valence electrons. The molecule has 0 aliphatic heterocycles. The van der Waals surface area contributed by atoms with Crippen LogP contribution in [0.25, 0.3) is 0 Å². The summed E-state index contributed by atoms with van der Waals surface area (Å²) in [6.45, 7) is 5.08. The number of carbonyl (C=O) groups excluding carboxylic acids is 1. The van der Waals surface area contributed by atoms with E-state index in [1.807, 2.05) is 0 Å². The molecule has 0 fully saturated rings. The minimum absolute atomic E-state index is 0.0317. The highest BCUT2D eigenvalue weighted by atomic mass is 32.2. The number of thioether (sulfide) groups is 1.